The lowest BCUT2D eigenvalue weighted by atomic mass is 10.1. The zero-order valence-electron chi connectivity index (χ0n) is 14.1. The van der Waals surface area contributed by atoms with Gasteiger partial charge in [-0.3, -0.25) is 14.6 Å². The third-order valence-electron chi connectivity index (χ3n) is 3.64. The van der Waals surface area contributed by atoms with Crippen LogP contribution in [0.15, 0.2) is 61.2 Å². The van der Waals surface area contributed by atoms with Crippen molar-refractivity contribution in [1.82, 2.24) is 20.3 Å². The average molecular weight is 347 g/mol. The van der Waals surface area contributed by atoms with E-state index in [4.69, 9.17) is 0 Å². The number of anilines is 2. The van der Waals surface area contributed by atoms with Crippen molar-refractivity contribution in [2.75, 3.05) is 5.32 Å². The summed E-state index contributed by atoms with van der Waals surface area (Å²) in [5.41, 5.74) is 2.62. The molecule has 0 spiro atoms. The smallest absolute Gasteiger partial charge is 0.254 e. The van der Waals surface area contributed by atoms with Crippen molar-refractivity contribution in [3.05, 3.63) is 77.9 Å². The van der Waals surface area contributed by atoms with Crippen LogP contribution < -0.4 is 10.6 Å². The monoisotopic (exact) mass is 347 g/mol. The normalized spacial score (nSPS) is 10.2. The second-order valence-electron chi connectivity index (χ2n) is 5.60. The highest BCUT2D eigenvalue weighted by Gasteiger charge is 2.08. The van der Waals surface area contributed by atoms with E-state index in [-0.39, 0.29) is 11.7 Å². The van der Waals surface area contributed by atoms with Gasteiger partial charge in [-0.2, -0.15) is 0 Å². The lowest BCUT2D eigenvalue weighted by molar-refractivity contribution is 0.0949. The molecule has 0 radical (unpaired) electrons. The molecule has 0 saturated carbocycles. The van der Waals surface area contributed by atoms with Crippen LogP contribution in [0.4, 0.5) is 11.6 Å². The highest BCUT2D eigenvalue weighted by molar-refractivity contribution is 5.95. The minimum atomic E-state index is -0.257. The summed E-state index contributed by atoms with van der Waals surface area (Å²) in [4.78, 5) is 35.8. The van der Waals surface area contributed by atoms with Crippen molar-refractivity contribution in [2.24, 2.45) is 0 Å². The summed E-state index contributed by atoms with van der Waals surface area (Å²) in [7, 11) is 0. The first kappa shape index (κ1) is 17.2. The van der Waals surface area contributed by atoms with Gasteiger partial charge in [0.15, 0.2) is 5.78 Å². The number of pyridine rings is 1. The van der Waals surface area contributed by atoms with Crippen molar-refractivity contribution >= 4 is 23.3 Å². The molecule has 26 heavy (non-hydrogen) atoms. The Morgan fingerprint density at radius 2 is 1.73 bits per heavy atom. The van der Waals surface area contributed by atoms with Crippen LogP contribution in [-0.4, -0.2) is 26.6 Å². The number of nitrogens with one attached hydrogen (secondary N) is 2. The van der Waals surface area contributed by atoms with Crippen LogP contribution in [0.25, 0.3) is 0 Å². The maximum Gasteiger partial charge on any atom is 0.254 e. The Bertz CT molecular complexity index is 911. The molecule has 3 rings (SSSR count). The lowest BCUT2D eigenvalue weighted by Gasteiger charge is -2.07. The summed E-state index contributed by atoms with van der Waals surface area (Å²) in [6.07, 6.45) is 6.25. The third kappa shape index (κ3) is 4.47. The fourth-order valence-corrected chi connectivity index (χ4v) is 2.24. The Balaban J connectivity index is 1.62. The second kappa shape index (κ2) is 7.98. The molecular formula is C19H17N5O2. The zero-order valence-corrected chi connectivity index (χ0v) is 14.1. The molecule has 2 N–H and O–H groups in total. The number of carbonyl (C=O) groups is 2. The summed E-state index contributed by atoms with van der Waals surface area (Å²) >= 11 is 0. The molecule has 0 saturated heterocycles. The summed E-state index contributed by atoms with van der Waals surface area (Å²) in [5, 5.41) is 5.81. The fourth-order valence-electron chi connectivity index (χ4n) is 2.24. The molecule has 1 amide bonds. The van der Waals surface area contributed by atoms with Crippen LogP contribution in [0.5, 0.6) is 0 Å². The van der Waals surface area contributed by atoms with Crippen LogP contribution in [0, 0.1) is 0 Å². The molecule has 3 aromatic rings. The molecule has 2 aromatic heterocycles. The SMILES string of the molecule is CC(=O)c1cccc(Nc2ncc(C(=O)NCc3ccncc3)cn2)c1. The third-order valence-corrected chi connectivity index (χ3v) is 3.64. The molecule has 2 heterocycles. The molecule has 0 aliphatic heterocycles. The van der Waals surface area contributed by atoms with Gasteiger partial charge < -0.3 is 10.6 Å². The van der Waals surface area contributed by atoms with Gasteiger partial charge in [0.2, 0.25) is 5.95 Å². The summed E-state index contributed by atoms with van der Waals surface area (Å²) in [5.74, 6) is 0.0686. The first-order chi connectivity index (χ1) is 12.6. The Kier molecular flexibility index (Phi) is 5.28. The molecule has 130 valence electrons. The van der Waals surface area contributed by atoms with E-state index in [0.29, 0.717) is 29.3 Å². The Labute approximate surface area is 150 Å². The highest BCUT2D eigenvalue weighted by Crippen LogP contribution is 2.15. The van der Waals surface area contributed by atoms with Gasteiger partial charge in [0, 0.05) is 42.6 Å². The van der Waals surface area contributed by atoms with Crippen LogP contribution in [0.1, 0.15) is 33.2 Å². The van der Waals surface area contributed by atoms with Crippen molar-refractivity contribution in [2.45, 2.75) is 13.5 Å². The van der Waals surface area contributed by atoms with Crippen LogP contribution >= 0.6 is 0 Å². The molecule has 0 fully saturated rings. The predicted molar refractivity (Wildman–Crippen MR) is 97.2 cm³/mol. The van der Waals surface area contributed by atoms with Crippen LogP contribution in [0.3, 0.4) is 0 Å². The van der Waals surface area contributed by atoms with Crippen LogP contribution in [-0.2, 0) is 6.54 Å². The topological polar surface area (TPSA) is 96.9 Å². The summed E-state index contributed by atoms with van der Waals surface area (Å²) in [6.45, 7) is 1.91. The first-order valence-corrected chi connectivity index (χ1v) is 7.99. The van der Waals surface area contributed by atoms with Gasteiger partial charge in [-0.15, -0.1) is 0 Å². The van der Waals surface area contributed by atoms with Gasteiger partial charge in [-0.1, -0.05) is 12.1 Å². The van der Waals surface area contributed by atoms with Crippen LogP contribution in [0.2, 0.25) is 0 Å². The standard InChI is InChI=1S/C19H17N5O2/c1-13(25)15-3-2-4-17(9-15)24-19-22-11-16(12-23-19)18(26)21-10-14-5-7-20-8-6-14/h2-9,11-12H,10H2,1H3,(H,21,26)(H,22,23,24). The van der Waals surface area contributed by atoms with Gasteiger partial charge in [0.25, 0.3) is 5.91 Å². The maximum atomic E-state index is 12.1. The van der Waals surface area contributed by atoms with E-state index in [0.717, 1.165) is 5.56 Å². The number of carbonyl (C=O) groups excluding carboxylic acids is 2. The minimum Gasteiger partial charge on any atom is -0.348 e. The van der Waals surface area contributed by atoms with Gasteiger partial charge in [0.1, 0.15) is 0 Å². The average Bonchev–Trinajstić information content (AvgIpc) is 2.68. The molecule has 0 aliphatic carbocycles. The molecule has 0 atom stereocenters. The lowest BCUT2D eigenvalue weighted by Crippen LogP contribution is -2.23. The van der Waals surface area contributed by atoms with Crippen molar-refractivity contribution in [1.29, 1.82) is 0 Å². The van der Waals surface area contributed by atoms with Crippen molar-refractivity contribution < 1.29 is 9.59 Å². The molecule has 7 heteroatoms. The predicted octanol–water partition coefficient (Wildman–Crippen LogP) is 2.75. The fraction of sp³-hybridized carbons (Fsp3) is 0.105. The number of Topliss-reactive ketones (excluding diaryl/α,β-unsaturated/α-hetero) is 1. The molecule has 1 aromatic carbocycles. The second-order valence-corrected chi connectivity index (χ2v) is 5.60. The van der Waals surface area contributed by atoms with Gasteiger partial charge >= 0.3 is 0 Å². The van der Waals surface area contributed by atoms with Gasteiger partial charge in [-0.05, 0) is 36.8 Å². The van der Waals surface area contributed by atoms with Gasteiger partial charge in [-0.25, -0.2) is 9.97 Å². The Hall–Kier alpha value is -3.61. The number of ketones is 1. The number of hydrogen-bond donors (Lipinski definition) is 2. The maximum absolute atomic E-state index is 12.1. The van der Waals surface area contributed by atoms with E-state index in [2.05, 4.69) is 25.6 Å². The Morgan fingerprint density at radius 3 is 2.42 bits per heavy atom. The number of hydrogen-bond acceptors (Lipinski definition) is 6. The largest absolute Gasteiger partial charge is 0.348 e. The molecular weight excluding hydrogens is 330 g/mol. The summed E-state index contributed by atoms with van der Waals surface area (Å²) < 4.78 is 0. The Morgan fingerprint density at radius 1 is 1.00 bits per heavy atom. The highest BCUT2D eigenvalue weighted by atomic mass is 16.1. The van der Waals surface area contributed by atoms with E-state index in [1.54, 1.807) is 30.6 Å². The van der Waals surface area contributed by atoms with E-state index >= 15 is 0 Å². The molecule has 0 bridgehead atoms. The molecule has 0 aliphatic rings. The van der Waals surface area contributed by atoms with Gasteiger partial charge in [0.05, 0.1) is 5.56 Å². The molecule has 7 nitrogen and oxygen atoms in total. The van der Waals surface area contributed by atoms with E-state index in [1.165, 1.54) is 19.3 Å². The van der Waals surface area contributed by atoms with Crippen molar-refractivity contribution in [3.8, 4) is 0 Å². The van der Waals surface area contributed by atoms with E-state index in [1.807, 2.05) is 18.2 Å². The number of amides is 1. The van der Waals surface area contributed by atoms with E-state index < -0.39 is 0 Å². The summed E-state index contributed by atoms with van der Waals surface area (Å²) in [6, 6.07) is 10.7. The molecule has 0 unspecified atom stereocenters. The number of rotatable bonds is 6. The van der Waals surface area contributed by atoms with E-state index in [9.17, 15) is 9.59 Å². The quantitative estimate of drug-likeness (QED) is 0.666. The number of benzene rings is 1. The first-order valence-electron chi connectivity index (χ1n) is 7.99. The minimum absolute atomic E-state index is 0.0178. The number of aromatic nitrogens is 3. The zero-order chi connectivity index (χ0) is 18.4. The van der Waals surface area contributed by atoms with Crippen molar-refractivity contribution in [3.63, 3.8) is 0 Å². The number of nitrogens with zero attached hydrogens (tertiary/aromatic N) is 3.